The van der Waals surface area contributed by atoms with Crippen molar-refractivity contribution in [3.05, 3.63) is 0 Å². The molecule has 1 nitrogen and oxygen atoms in total. The van der Waals surface area contributed by atoms with Gasteiger partial charge >= 0.3 is 0 Å². The minimum atomic E-state index is 0.814. The first kappa shape index (κ1) is 9.96. The molecule has 1 heteroatoms. The molecule has 0 radical (unpaired) electrons. The molecule has 1 atom stereocenters. The maximum absolute atomic E-state index is 2.37. The van der Waals surface area contributed by atoms with Gasteiger partial charge in [0, 0.05) is 6.54 Å². The number of hydrogen-bond acceptors (Lipinski definition) is 1. The van der Waals surface area contributed by atoms with Crippen LogP contribution in [-0.4, -0.2) is 25.0 Å². The summed E-state index contributed by atoms with van der Waals surface area (Å²) >= 11 is 0. The highest BCUT2D eigenvalue weighted by Crippen LogP contribution is 2.09. The predicted molar refractivity (Wildman–Crippen MR) is 47.2 cm³/mol. The normalized spacial score (nSPS) is 14.7. The zero-order valence-corrected chi connectivity index (χ0v) is 8.02. The average Bonchev–Trinajstić information content (AvgIpc) is 1.87. The van der Waals surface area contributed by atoms with Crippen molar-refractivity contribution in [3.8, 4) is 0 Å². The summed E-state index contributed by atoms with van der Waals surface area (Å²) in [5, 5.41) is 0. The minimum absolute atomic E-state index is 0.814. The highest BCUT2D eigenvalue weighted by molar-refractivity contribution is 4.60. The largest absolute Gasteiger partial charge is 0.306 e. The van der Waals surface area contributed by atoms with Crippen LogP contribution in [0.3, 0.4) is 0 Å². The molecule has 0 spiro atoms. The van der Waals surface area contributed by atoms with Gasteiger partial charge in [0.2, 0.25) is 0 Å². The van der Waals surface area contributed by atoms with Crippen LogP contribution in [0.4, 0.5) is 0 Å². The Hall–Kier alpha value is -0.0400. The van der Waals surface area contributed by atoms with E-state index in [-0.39, 0.29) is 0 Å². The van der Waals surface area contributed by atoms with Gasteiger partial charge in [0.1, 0.15) is 0 Å². The first-order chi connectivity index (χ1) is 4.57. The Morgan fingerprint density at radius 3 is 2.00 bits per heavy atom. The van der Waals surface area contributed by atoms with Crippen LogP contribution < -0.4 is 0 Å². The third-order valence-corrected chi connectivity index (χ3v) is 2.28. The number of rotatable bonds is 4. The molecular formula is C9H21N. The fourth-order valence-electron chi connectivity index (χ4n) is 0.832. The smallest absolute Gasteiger partial charge is 0.000629 e. The summed E-state index contributed by atoms with van der Waals surface area (Å²) in [6, 6.07) is 0. The van der Waals surface area contributed by atoms with Gasteiger partial charge < -0.3 is 4.90 Å². The van der Waals surface area contributed by atoms with Gasteiger partial charge in [-0.3, -0.25) is 0 Å². The summed E-state index contributed by atoms with van der Waals surface area (Å²) in [4.78, 5) is 2.37. The van der Waals surface area contributed by atoms with Crippen molar-refractivity contribution in [1.82, 2.24) is 4.90 Å². The lowest BCUT2D eigenvalue weighted by Crippen LogP contribution is -2.26. The third kappa shape index (κ3) is 3.89. The summed E-state index contributed by atoms with van der Waals surface area (Å²) < 4.78 is 0. The topological polar surface area (TPSA) is 3.24 Å². The SMILES string of the molecule is CCN(C)CC(C)C(C)C. The van der Waals surface area contributed by atoms with Crippen LogP contribution in [0.2, 0.25) is 0 Å². The molecule has 0 aliphatic heterocycles. The van der Waals surface area contributed by atoms with E-state index in [1.807, 2.05) is 0 Å². The average molecular weight is 143 g/mol. The maximum atomic E-state index is 2.37. The van der Waals surface area contributed by atoms with Gasteiger partial charge in [-0.1, -0.05) is 27.7 Å². The van der Waals surface area contributed by atoms with E-state index < -0.39 is 0 Å². The van der Waals surface area contributed by atoms with Crippen molar-refractivity contribution < 1.29 is 0 Å². The molecule has 0 saturated carbocycles. The second-order valence-electron chi connectivity index (χ2n) is 3.58. The van der Waals surface area contributed by atoms with Crippen LogP contribution in [0.15, 0.2) is 0 Å². The fraction of sp³-hybridized carbons (Fsp3) is 1.00. The molecule has 0 heterocycles. The van der Waals surface area contributed by atoms with Crippen molar-refractivity contribution in [2.75, 3.05) is 20.1 Å². The van der Waals surface area contributed by atoms with Gasteiger partial charge in [-0.2, -0.15) is 0 Å². The molecule has 62 valence electrons. The van der Waals surface area contributed by atoms with Gasteiger partial charge in [0.15, 0.2) is 0 Å². The quantitative estimate of drug-likeness (QED) is 0.583. The second kappa shape index (κ2) is 4.73. The molecule has 0 fully saturated rings. The molecule has 0 saturated heterocycles. The lowest BCUT2D eigenvalue weighted by atomic mass is 9.98. The zero-order chi connectivity index (χ0) is 8.15. The second-order valence-corrected chi connectivity index (χ2v) is 3.58. The number of hydrogen-bond donors (Lipinski definition) is 0. The highest BCUT2D eigenvalue weighted by atomic mass is 15.1. The van der Waals surface area contributed by atoms with Crippen molar-refractivity contribution in [2.45, 2.75) is 27.7 Å². The first-order valence-electron chi connectivity index (χ1n) is 4.26. The van der Waals surface area contributed by atoms with E-state index in [2.05, 4.69) is 39.6 Å². The van der Waals surface area contributed by atoms with Crippen LogP contribution in [-0.2, 0) is 0 Å². The van der Waals surface area contributed by atoms with Crippen LogP contribution in [0.5, 0.6) is 0 Å². The summed E-state index contributed by atoms with van der Waals surface area (Å²) in [7, 11) is 2.18. The van der Waals surface area contributed by atoms with E-state index >= 15 is 0 Å². The molecule has 0 N–H and O–H groups in total. The molecule has 0 aromatic rings. The molecule has 10 heavy (non-hydrogen) atoms. The Morgan fingerprint density at radius 2 is 1.70 bits per heavy atom. The van der Waals surface area contributed by atoms with Gasteiger partial charge in [-0.25, -0.2) is 0 Å². The van der Waals surface area contributed by atoms with Crippen LogP contribution in [0, 0.1) is 11.8 Å². The molecule has 0 bridgehead atoms. The van der Waals surface area contributed by atoms with E-state index in [1.54, 1.807) is 0 Å². The van der Waals surface area contributed by atoms with E-state index in [0.717, 1.165) is 18.4 Å². The van der Waals surface area contributed by atoms with Crippen LogP contribution in [0.25, 0.3) is 0 Å². The lowest BCUT2D eigenvalue weighted by Gasteiger charge is -2.22. The van der Waals surface area contributed by atoms with E-state index in [1.165, 1.54) is 6.54 Å². The molecular weight excluding hydrogens is 122 g/mol. The van der Waals surface area contributed by atoms with Gasteiger partial charge in [-0.05, 0) is 25.4 Å². The monoisotopic (exact) mass is 143 g/mol. The molecule has 1 unspecified atom stereocenters. The molecule has 0 aliphatic carbocycles. The molecule has 0 aromatic heterocycles. The maximum Gasteiger partial charge on any atom is 0.000629 e. The van der Waals surface area contributed by atoms with E-state index in [9.17, 15) is 0 Å². The van der Waals surface area contributed by atoms with Gasteiger partial charge in [0.25, 0.3) is 0 Å². The Labute approximate surface area is 65.4 Å². The lowest BCUT2D eigenvalue weighted by molar-refractivity contribution is 0.259. The van der Waals surface area contributed by atoms with E-state index in [4.69, 9.17) is 0 Å². The summed E-state index contributed by atoms with van der Waals surface area (Å²) in [6.45, 7) is 11.5. The first-order valence-corrected chi connectivity index (χ1v) is 4.26. The fourth-order valence-corrected chi connectivity index (χ4v) is 0.832. The molecule has 0 aromatic carbocycles. The standard InChI is InChI=1S/C9H21N/c1-6-10(5)7-9(4)8(2)3/h8-9H,6-7H2,1-5H3. The zero-order valence-electron chi connectivity index (χ0n) is 8.02. The molecule has 0 aliphatic rings. The van der Waals surface area contributed by atoms with Crippen molar-refractivity contribution in [1.29, 1.82) is 0 Å². The summed E-state index contributed by atoms with van der Waals surface area (Å²) in [5.41, 5.74) is 0. The Balaban J connectivity index is 3.46. The summed E-state index contributed by atoms with van der Waals surface area (Å²) in [5.74, 6) is 1.64. The number of nitrogens with zero attached hydrogens (tertiary/aromatic N) is 1. The van der Waals surface area contributed by atoms with Crippen LogP contribution >= 0.6 is 0 Å². The van der Waals surface area contributed by atoms with Crippen LogP contribution in [0.1, 0.15) is 27.7 Å². The Morgan fingerprint density at radius 1 is 1.20 bits per heavy atom. The highest BCUT2D eigenvalue weighted by Gasteiger charge is 2.08. The minimum Gasteiger partial charge on any atom is -0.306 e. The predicted octanol–water partition coefficient (Wildman–Crippen LogP) is 2.23. The summed E-state index contributed by atoms with van der Waals surface area (Å²) in [6.07, 6.45) is 0. The van der Waals surface area contributed by atoms with Crippen molar-refractivity contribution >= 4 is 0 Å². The van der Waals surface area contributed by atoms with Crippen molar-refractivity contribution in [2.24, 2.45) is 11.8 Å². The van der Waals surface area contributed by atoms with Gasteiger partial charge in [0.05, 0.1) is 0 Å². The third-order valence-electron chi connectivity index (χ3n) is 2.28. The Kier molecular flexibility index (Phi) is 4.71. The Bertz CT molecular complexity index is 78.8. The van der Waals surface area contributed by atoms with Gasteiger partial charge in [-0.15, -0.1) is 0 Å². The van der Waals surface area contributed by atoms with Crippen molar-refractivity contribution in [3.63, 3.8) is 0 Å². The molecule has 0 rings (SSSR count). The molecule has 0 amide bonds. The van der Waals surface area contributed by atoms with E-state index in [0.29, 0.717) is 0 Å².